The minimum Gasteiger partial charge on any atom is -0.310 e. The number of fused-ring (bicyclic) bond motifs is 1. The summed E-state index contributed by atoms with van der Waals surface area (Å²) in [6.45, 7) is 2.10. The SMILES string of the molecule is O=C(Nc1ncnc2c1CCN(Cc1ccc(Cl)c(F)c1)C2)C12CC3CC(CC(C3)C1)C2. The fraction of sp³-hybridized carbons (Fsp3) is 0.560. The molecule has 1 N–H and O–H groups in total. The van der Waals surface area contributed by atoms with Gasteiger partial charge in [-0.15, -0.1) is 0 Å². The smallest absolute Gasteiger partial charge is 0.231 e. The van der Waals surface area contributed by atoms with E-state index in [-0.39, 0.29) is 16.3 Å². The molecular weight excluding hydrogens is 427 g/mol. The number of nitrogens with zero attached hydrogens (tertiary/aromatic N) is 3. The highest BCUT2D eigenvalue weighted by Gasteiger charge is 2.54. The lowest BCUT2D eigenvalue weighted by molar-refractivity contribution is -0.140. The van der Waals surface area contributed by atoms with Crippen LogP contribution in [0.3, 0.4) is 0 Å². The van der Waals surface area contributed by atoms with E-state index in [1.54, 1.807) is 12.4 Å². The largest absolute Gasteiger partial charge is 0.310 e. The predicted molar refractivity (Wildman–Crippen MR) is 120 cm³/mol. The molecule has 2 heterocycles. The summed E-state index contributed by atoms with van der Waals surface area (Å²) in [4.78, 5) is 24.7. The second-order valence-corrected chi connectivity index (χ2v) is 10.9. The Bertz CT molecular complexity index is 1040. The fourth-order valence-corrected chi connectivity index (χ4v) is 7.29. The first kappa shape index (κ1) is 20.5. The van der Waals surface area contributed by atoms with Gasteiger partial charge in [0, 0.05) is 25.2 Å². The van der Waals surface area contributed by atoms with Crippen molar-refractivity contribution >= 4 is 23.3 Å². The first-order chi connectivity index (χ1) is 15.5. The molecule has 0 unspecified atom stereocenters. The van der Waals surface area contributed by atoms with E-state index in [9.17, 15) is 9.18 Å². The molecule has 4 bridgehead atoms. The minimum absolute atomic E-state index is 0.143. The van der Waals surface area contributed by atoms with E-state index in [1.807, 2.05) is 6.07 Å². The van der Waals surface area contributed by atoms with Crippen molar-refractivity contribution in [2.45, 2.75) is 58.0 Å². The number of anilines is 1. The van der Waals surface area contributed by atoms with Gasteiger partial charge in [-0.25, -0.2) is 14.4 Å². The summed E-state index contributed by atoms with van der Waals surface area (Å²) >= 11 is 5.81. The fourth-order valence-electron chi connectivity index (χ4n) is 7.18. The number of hydrogen-bond donors (Lipinski definition) is 1. The van der Waals surface area contributed by atoms with Crippen LogP contribution in [0, 0.1) is 29.0 Å². The number of carbonyl (C=O) groups is 1. The molecule has 4 fully saturated rings. The van der Waals surface area contributed by atoms with Crippen LogP contribution in [0.5, 0.6) is 0 Å². The van der Waals surface area contributed by atoms with Crippen LogP contribution in [0.15, 0.2) is 24.5 Å². The second-order valence-electron chi connectivity index (χ2n) is 10.5. The molecule has 7 rings (SSSR count). The van der Waals surface area contributed by atoms with E-state index < -0.39 is 5.82 Å². The van der Waals surface area contributed by atoms with Crippen LogP contribution in [0.1, 0.15) is 55.3 Å². The van der Waals surface area contributed by atoms with Crippen LogP contribution in [-0.4, -0.2) is 27.3 Å². The van der Waals surface area contributed by atoms with Gasteiger partial charge in [-0.1, -0.05) is 17.7 Å². The quantitative estimate of drug-likeness (QED) is 0.707. The molecular formula is C25H28ClFN4O. The number of carbonyl (C=O) groups excluding carboxylic acids is 1. The molecule has 2 aromatic rings. The summed E-state index contributed by atoms with van der Waals surface area (Å²) < 4.78 is 13.8. The van der Waals surface area contributed by atoms with Gasteiger partial charge < -0.3 is 5.32 Å². The molecule has 4 saturated carbocycles. The van der Waals surface area contributed by atoms with Gasteiger partial charge in [0.15, 0.2) is 0 Å². The summed E-state index contributed by atoms with van der Waals surface area (Å²) in [5, 5.41) is 3.38. The van der Waals surface area contributed by atoms with E-state index in [1.165, 1.54) is 25.3 Å². The highest BCUT2D eigenvalue weighted by atomic mass is 35.5. The zero-order valence-electron chi connectivity index (χ0n) is 18.1. The lowest BCUT2D eigenvalue weighted by Crippen LogP contribution is -2.52. The summed E-state index contributed by atoms with van der Waals surface area (Å²) in [6.07, 6.45) is 9.42. The monoisotopic (exact) mass is 454 g/mol. The van der Waals surface area contributed by atoms with E-state index in [0.717, 1.165) is 66.8 Å². The molecule has 1 amide bonds. The average Bonchev–Trinajstić information content (AvgIpc) is 2.75. The number of aromatic nitrogens is 2. The number of halogens is 2. The summed E-state index contributed by atoms with van der Waals surface area (Å²) in [7, 11) is 0. The van der Waals surface area contributed by atoms with Crippen molar-refractivity contribution in [3.05, 3.63) is 52.2 Å². The standard InChI is InChI=1S/C25H28ClFN4O/c26-20-2-1-15(8-21(20)27)12-31-4-3-19-22(13-31)28-14-29-23(19)30-24(32)25-9-16-5-17(10-25)7-18(6-16)11-25/h1-2,8,14,16-18H,3-7,9-13H2,(H,28,29,30,32). The maximum atomic E-state index is 13.8. The number of nitrogens with one attached hydrogen (secondary N) is 1. The van der Waals surface area contributed by atoms with Crippen molar-refractivity contribution in [3.8, 4) is 0 Å². The topological polar surface area (TPSA) is 58.1 Å². The van der Waals surface area contributed by atoms with Crippen molar-refractivity contribution in [3.63, 3.8) is 0 Å². The highest BCUT2D eigenvalue weighted by molar-refractivity contribution is 6.30. The van der Waals surface area contributed by atoms with Crippen LogP contribution < -0.4 is 5.32 Å². The van der Waals surface area contributed by atoms with E-state index in [0.29, 0.717) is 18.9 Å². The second kappa shape index (κ2) is 7.77. The van der Waals surface area contributed by atoms with E-state index >= 15 is 0 Å². The third-order valence-electron chi connectivity index (χ3n) is 8.23. The molecule has 1 aromatic carbocycles. The van der Waals surface area contributed by atoms with Crippen molar-refractivity contribution in [2.24, 2.45) is 23.2 Å². The third-order valence-corrected chi connectivity index (χ3v) is 8.53. The molecule has 5 nitrogen and oxygen atoms in total. The third kappa shape index (κ3) is 3.61. The summed E-state index contributed by atoms with van der Waals surface area (Å²) in [5.74, 6) is 2.68. The zero-order valence-corrected chi connectivity index (χ0v) is 18.9. The van der Waals surface area contributed by atoms with Gasteiger partial charge >= 0.3 is 0 Å². The summed E-state index contributed by atoms with van der Waals surface area (Å²) in [5.41, 5.74) is 2.69. The van der Waals surface area contributed by atoms with Crippen molar-refractivity contribution in [1.29, 1.82) is 0 Å². The number of benzene rings is 1. The van der Waals surface area contributed by atoms with Crippen LogP contribution in [0.2, 0.25) is 5.02 Å². The first-order valence-corrected chi connectivity index (χ1v) is 12.2. The van der Waals surface area contributed by atoms with Crippen molar-refractivity contribution in [1.82, 2.24) is 14.9 Å². The minimum atomic E-state index is -0.390. The van der Waals surface area contributed by atoms with Gasteiger partial charge in [0.2, 0.25) is 5.91 Å². The molecule has 5 aliphatic rings. The average molecular weight is 455 g/mol. The number of amides is 1. The molecule has 0 spiro atoms. The number of rotatable bonds is 4. The van der Waals surface area contributed by atoms with Gasteiger partial charge in [0.25, 0.3) is 0 Å². The molecule has 168 valence electrons. The number of hydrogen-bond acceptors (Lipinski definition) is 4. The molecule has 0 atom stereocenters. The first-order valence-electron chi connectivity index (χ1n) is 11.8. The normalized spacial score (nSPS) is 30.9. The van der Waals surface area contributed by atoms with Gasteiger partial charge in [0.1, 0.15) is 18.0 Å². The Balaban J connectivity index is 1.17. The molecule has 4 aliphatic carbocycles. The van der Waals surface area contributed by atoms with E-state index in [4.69, 9.17) is 11.6 Å². The van der Waals surface area contributed by atoms with E-state index in [2.05, 4.69) is 20.2 Å². The Morgan fingerprint density at radius 3 is 2.56 bits per heavy atom. The molecule has 0 radical (unpaired) electrons. The molecule has 32 heavy (non-hydrogen) atoms. The van der Waals surface area contributed by atoms with Crippen LogP contribution in [0.4, 0.5) is 10.2 Å². The lowest BCUT2D eigenvalue weighted by atomic mass is 9.49. The Morgan fingerprint density at radius 1 is 1.16 bits per heavy atom. The van der Waals surface area contributed by atoms with Gasteiger partial charge in [0.05, 0.1) is 16.1 Å². The van der Waals surface area contributed by atoms with Crippen molar-refractivity contribution < 1.29 is 9.18 Å². The van der Waals surface area contributed by atoms with Crippen LogP contribution >= 0.6 is 11.6 Å². The Morgan fingerprint density at radius 2 is 1.88 bits per heavy atom. The Hall–Kier alpha value is -2.05. The Kier molecular flexibility index (Phi) is 4.99. The molecule has 0 saturated heterocycles. The lowest BCUT2D eigenvalue weighted by Gasteiger charge is -2.55. The van der Waals surface area contributed by atoms with Crippen LogP contribution in [0.25, 0.3) is 0 Å². The maximum absolute atomic E-state index is 13.8. The van der Waals surface area contributed by atoms with Gasteiger partial charge in [-0.2, -0.15) is 0 Å². The van der Waals surface area contributed by atoms with Gasteiger partial charge in [-0.05, 0) is 80.4 Å². The maximum Gasteiger partial charge on any atom is 0.231 e. The van der Waals surface area contributed by atoms with Crippen LogP contribution in [-0.2, 0) is 24.3 Å². The Labute approximate surface area is 192 Å². The van der Waals surface area contributed by atoms with Crippen molar-refractivity contribution in [2.75, 3.05) is 11.9 Å². The summed E-state index contributed by atoms with van der Waals surface area (Å²) in [6, 6.07) is 4.96. The molecule has 1 aromatic heterocycles. The molecule has 1 aliphatic heterocycles. The zero-order chi connectivity index (χ0) is 21.9. The highest BCUT2D eigenvalue weighted by Crippen LogP contribution is 2.60. The van der Waals surface area contributed by atoms with Gasteiger partial charge in [-0.3, -0.25) is 9.69 Å². The predicted octanol–water partition coefficient (Wildman–Crippen LogP) is 4.98. The molecule has 7 heteroatoms.